The molecule has 0 unspecified atom stereocenters. The summed E-state index contributed by atoms with van der Waals surface area (Å²) in [5.74, 6) is -1.41. The monoisotopic (exact) mass is 447 g/mol. The van der Waals surface area contributed by atoms with Gasteiger partial charge >= 0.3 is 0 Å². The fourth-order valence-corrected chi connectivity index (χ4v) is 5.62. The van der Waals surface area contributed by atoms with Crippen LogP contribution in [0.1, 0.15) is 35.2 Å². The molecule has 5 nitrogen and oxygen atoms in total. The smallest absolute Gasteiger partial charge is 0.290 e. The molecule has 0 spiro atoms. The number of aliphatic hydroxyl groups is 1. The number of rotatable bonds is 6. The summed E-state index contributed by atoms with van der Waals surface area (Å²) < 4.78 is 27.1. The van der Waals surface area contributed by atoms with Gasteiger partial charge in [0.05, 0.1) is 10.9 Å². The zero-order chi connectivity index (χ0) is 22.9. The Morgan fingerprint density at radius 3 is 2.06 bits per heavy atom. The average molecular weight is 448 g/mol. The molecule has 4 rings (SSSR count). The van der Waals surface area contributed by atoms with Gasteiger partial charge in [0.15, 0.2) is 5.76 Å². The SMILES string of the molecule is CCc1ccc([C@@H]2C(S(=O)(=O)c3ccccc3)=C(O)C(=O)N2Cc2ccc(C)cc2)cc1. The molecule has 0 bridgehead atoms. The highest BCUT2D eigenvalue weighted by atomic mass is 32.2. The van der Waals surface area contributed by atoms with E-state index in [-0.39, 0.29) is 16.3 Å². The Morgan fingerprint density at radius 2 is 1.47 bits per heavy atom. The fourth-order valence-electron chi connectivity index (χ4n) is 3.95. The minimum atomic E-state index is -4.10. The first-order valence-corrected chi connectivity index (χ1v) is 12.0. The van der Waals surface area contributed by atoms with Crippen LogP contribution in [-0.2, 0) is 27.6 Å². The molecule has 0 saturated carbocycles. The van der Waals surface area contributed by atoms with Crippen LogP contribution in [0.3, 0.4) is 0 Å². The van der Waals surface area contributed by atoms with Gasteiger partial charge in [-0.3, -0.25) is 4.79 Å². The lowest BCUT2D eigenvalue weighted by molar-refractivity contribution is -0.130. The molecule has 0 saturated heterocycles. The van der Waals surface area contributed by atoms with Crippen molar-refractivity contribution in [3.05, 3.63) is 112 Å². The van der Waals surface area contributed by atoms with E-state index < -0.39 is 27.5 Å². The van der Waals surface area contributed by atoms with Crippen LogP contribution in [0.5, 0.6) is 0 Å². The van der Waals surface area contributed by atoms with E-state index in [1.165, 1.54) is 17.0 Å². The van der Waals surface area contributed by atoms with Gasteiger partial charge in [-0.2, -0.15) is 0 Å². The van der Waals surface area contributed by atoms with E-state index in [1.807, 2.05) is 62.4 Å². The van der Waals surface area contributed by atoms with Crippen molar-refractivity contribution < 1.29 is 18.3 Å². The number of amides is 1. The molecular formula is C26H25NO4S. The number of hydrogen-bond donors (Lipinski definition) is 1. The average Bonchev–Trinajstić information content (AvgIpc) is 3.06. The maximum absolute atomic E-state index is 13.5. The lowest BCUT2D eigenvalue weighted by Gasteiger charge is -2.27. The van der Waals surface area contributed by atoms with Crippen LogP contribution in [0.4, 0.5) is 0 Å². The molecule has 1 heterocycles. The van der Waals surface area contributed by atoms with Crippen LogP contribution in [0, 0.1) is 6.92 Å². The predicted molar refractivity (Wildman–Crippen MR) is 124 cm³/mol. The summed E-state index contributed by atoms with van der Waals surface area (Å²) in [6.45, 7) is 4.19. The Balaban J connectivity index is 1.84. The lowest BCUT2D eigenvalue weighted by Crippen LogP contribution is -2.30. The van der Waals surface area contributed by atoms with E-state index >= 15 is 0 Å². The molecule has 1 amide bonds. The van der Waals surface area contributed by atoms with E-state index in [9.17, 15) is 18.3 Å². The summed E-state index contributed by atoms with van der Waals surface area (Å²) in [5.41, 5.74) is 3.68. The van der Waals surface area contributed by atoms with E-state index in [1.54, 1.807) is 18.2 Å². The van der Waals surface area contributed by atoms with Gasteiger partial charge in [-0.05, 0) is 42.2 Å². The summed E-state index contributed by atoms with van der Waals surface area (Å²) in [7, 11) is -4.10. The molecular weight excluding hydrogens is 422 g/mol. The van der Waals surface area contributed by atoms with Crippen LogP contribution in [-0.4, -0.2) is 24.3 Å². The molecule has 3 aromatic carbocycles. The van der Waals surface area contributed by atoms with Gasteiger partial charge < -0.3 is 10.0 Å². The Bertz CT molecular complexity index is 1260. The number of nitrogens with zero attached hydrogens (tertiary/aromatic N) is 1. The van der Waals surface area contributed by atoms with Gasteiger partial charge in [-0.25, -0.2) is 8.42 Å². The molecule has 1 aliphatic heterocycles. The van der Waals surface area contributed by atoms with Crippen molar-refractivity contribution in [1.29, 1.82) is 0 Å². The molecule has 0 aliphatic carbocycles. The molecule has 1 N–H and O–H groups in total. The van der Waals surface area contributed by atoms with E-state index in [0.717, 1.165) is 23.1 Å². The predicted octanol–water partition coefficient (Wildman–Crippen LogP) is 4.88. The number of sulfone groups is 1. The molecule has 1 atom stereocenters. The van der Waals surface area contributed by atoms with Crippen LogP contribution in [0.2, 0.25) is 0 Å². The van der Waals surface area contributed by atoms with Crippen LogP contribution < -0.4 is 0 Å². The largest absolute Gasteiger partial charge is 0.502 e. The third-order valence-corrected chi connectivity index (χ3v) is 7.67. The van der Waals surface area contributed by atoms with Crippen LogP contribution >= 0.6 is 0 Å². The summed E-state index contributed by atoms with van der Waals surface area (Å²) in [4.78, 5) is 14.3. The van der Waals surface area contributed by atoms with Crippen molar-refractivity contribution in [2.24, 2.45) is 0 Å². The van der Waals surface area contributed by atoms with Crippen LogP contribution in [0.15, 0.2) is 94.4 Å². The number of carbonyl (C=O) groups is 1. The number of benzene rings is 3. The highest BCUT2D eigenvalue weighted by Gasteiger charge is 2.46. The molecule has 6 heteroatoms. The number of hydrogen-bond acceptors (Lipinski definition) is 4. The second-order valence-electron chi connectivity index (χ2n) is 7.95. The standard InChI is InChI=1S/C26H25NO4S/c1-3-19-13-15-21(16-14-19)23-25(32(30,31)22-7-5-4-6-8-22)24(28)26(29)27(23)17-20-11-9-18(2)10-12-20/h4-16,23,28H,3,17H2,1-2H3/t23-/m1/s1. The van der Waals surface area contributed by atoms with E-state index in [2.05, 4.69) is 0 Å². The second kappa shape index (κ2) is 8.63. The minimum Gasteiger partial charge on any atom is -0.502 e. The van der Waals surface area contributed by atoms with E-state index in [4.69, 9.17) is 0 Å². The first-order chi connectivity index (χ1) is 15.3. The van der Waals surface area contributed by atoms with E-state index in [0.29, 0.717) is 5.56 Å². The van der Waals surface area contributed by atoms with Crippen molar-refractivity contribution in [3.8, 4) is 0 Å². The zero-order valence-electron chi connectivity index (χ0n) is 18.0. The Hall–Kier alpha value is -3.38. The van der Waals surface area contributed by atoms with Gasteiger partial charge in [-0.1, -0.05) is 79.2 Å². The van der Waals surface area contributed by atoms with Crippen molar-refractivity contribution in [2.45, 2.75) is 37.8 Å². The third-order valence-electron chi connectivity index (χ3n) is 5.78. The zero-order valence-corrected chi connectivity index (χ0v) is 18.8. The highest BCUT2D eigenvalue weighted by molar-refractivity contribution is 7.95. The molecule has 3 aromatic rings. The first kappa shape index (κ1) is 21.8. The van der Waals surface area contributed by atoms with Gasteiger partial charge in [0.2, 0.25) is 9.84 Å². The lowest BCUT2D eigenvalue weighted by atomic mass is 10.0. The maximum Gasteiger partial charge on any atom is 0.290 e. The molecule has 32 heavy (non-hydrogen) atoms. The topological polar surface area (TPSA) is 74.7 Å². The highest BCUT2D eigenvalue weighted by Crippen LogP contribution is 2.43. The summed E-state index contributed by atoms with van der Waals surface area (Å²) in [6.07, 6.45) is 0.840. The molecule has 0 fully saturated rings. The van der Waals surface area contributed by atoms with Crippen LogP contribution in [0.25, 0.3) is 0 Å². The molecule has 1 aliphatic rings. The summed E-state index contributed by atoms with van der Waals surface area (Å²) in [6, 6.07) is 22.2. The quantitative estimate of drug-likeness (QED) is 0.584. The summed E-state index contributed by atoms with van der Waals surface area (Å²) >= 11 is 0. The van der Waals surface area contributed by atoms with Crippen molar-refractivity contribution in [2.75, 3.05) is 0 Å². The van der Waals surface area contributed by atoms with Crippen molar-refractivity contribution >= 4 is 15.7 Å². The molecule has 164 valence electrons. The Morgan fingerprint density at radius 1 is 0.875 bits per heavy atom. The van der Waals surface area contributed by atoms with Gasteiger partial charge in [0.1, 0.15) is 4.91 Å². The molecule has 0 aromatic heterocycles. The summed E-state index contributed by atoms with van der Waals surface area (Å²) in [5, 5.41) is 10.8. The normalized spacial score (nSPS) is 16.6. The number of aryl methyl sites for hydroxylation is 2. The first-order valence-electron chi connectivity index (χ1n) is 10.5. The fraction of sp³-hybridized carbons (Fsp3) is 0.192. The Labute approximate surface area is 188 Å². The van der Waals surface area contributed by atoms with Crippen molar-refractivity contribution in [3.63, 3.8) is 0 Å². The minimum absolute atomic E-state index is 0.0433. The van der Waals surface area contributed by atoms with Crippen molar-refractivity contribution in [1.82, 2.24) is 4.90 Å². The second-order valence-corrected chi connectivity index (χ2v) is 9.86. The van der Waals surface area contributed by atoms with Gasteiger partial charge in [0, 0.05) is 6.54 Å². The number of aliphatic hydroxyl groups excluding tert-OH is 1. The van der Waals surface area contributed by atoms with Gasteiger partial charge in [0.25, 0.3) is 5.91 Å². The van der Waals surface area contributed by atoms with Gasteiger partial charge in [-0.15, -0.1) is 0 Å². The molecule has 0 radical (unpaired) electrons. The number of carbonyl (C=O) groups excluding carboxylic acids is 1. The Kier molecular flexibility index (Phi) is 5.89. The third kappa shape index (κ3) is 3.94. The maximum atomic E-state index is 13.5.